The average Bonchev–Trinajstić information content (AvgIpc) is 3.03. The van der Waals surface area contributed by atoms with Gasteiger partial charge in [0.25, 0.3) is 5.91 Å². The second-order valence-corrected chi connectivity index (χ2v) is 7.26. The van der Waals surface area contributed by atoms with E-state index < -0.39 is 0 Å². The van der Waals surface area contributed by atoms with Crippen molar-refractivity contribution in [3.63, 3.8) is 0 Å². The Morgan fingerprint density at radius 2 is 2.28 bits per heavy atom. The first-order valence-electron chi connectivity index (χ1n) is 8.62. The Balaban J connectivity index is 1.80. The number of benzene rings is 1. The van der Waals surface area contributed by atoms with E-state index in [1.807, 2.05) is 36.1 Å². The molecule has 0 saturated carbocycles. The van der Waals surface area contributed by atoms with Crippen LogP contribution in [0, 0.1) is 0 Å². The second-order valence-electron chi connectivity index (χ2n) is 6.35. The van der Waals surface area contributed by atoms with Gasteiger partial charge in [0.1, 0.15) is 11.4 Å². The van der Waals surface area contributed by atoms with E-state index in [1.54, 1.807) is 6.20 Å². The number of aromatic nitrogens is 2. The minimum atomic E-state index is -0.0365. The van der Waals surface area contributed by atoms with Crippen molar-refractivity contribution in [1.82, 2.24) is 9.97 Å². The highest BCUT2D eigenvalue weighted by Gasteiger charge is 2.37. The van der Waals surface area contributed by atoms with Gasteiger partial charge in [-0.25, -0.2) is 4.98 Å². The maximum absolute atomic E-state index is 13.2. The fraction of sp³-hybridized carbons (Fsp3) is 0.389. The molecule has 3 heterocycles. The molecule has 2 aromatic rings. The summed E-state index contributed by atoms with van der Waals surface area (Å²) in [5, 5.41) is 3.14. The predicted octanol–water partition coefficient (Wildman–Crippen LogP) is 3.30. The van der Waals surface area contributed by atoms with Gasteiger partial charge in [-0.05, 0) is 38.0 Å². The lowest BCUT2D eigenvalue weighted by atomic mass is 10.2. The van der Waals surface area contributed by atoms with Gasteiger partial charge in [0.05, 0.1) is 0 Å². The fourth-order valence-corrected chi connectivity index (χ4v) is 3.98. The number of fused-ring (bicyclic) bond motifs is 3. The smallest absolute Gasteiger partial charge is 0.263 e. The quantitative estimate of drug-likeness (QED) is 0.854. The van der Waals surface area contributed by atoms with Crippen molar-refractivity contribution in [2.24, 2.45) is 0 Å². The molecule has 2 aliphatic rings. The summed E-state index contributed by atoms with van der Waals surface area (Å²) in [6, 6.07) is 8.16. The molecule has 1 fully saturated rings. The molecule has 1 amide bonds. The summed E-state index contributed by atoms with van der Waals surface area (Å²) in [5.41, 5.74) is 1.47. The van der Waals surface area contributed by atoms with Crippen LogP contribution in [0.25, 0.3) is 0 Å². The SMILES string of the molecule is CCNc1ncc2c(n1)N1CCC[C@H]1CN(c1cccc(Br)c1)C2=O. The van der Waals surface area contributed by atoms with Crippen molar-refractivity contribution in [3.8, 4) is 0 Å². The molecule has 1 atom stereocenters. The zero-order chi connectivity index (χ0) is 17.4. The van der Waals surface area contributed by atoms with E-state index in [4.69, 9.17) is 0 Å². The standard InChI is InChI=1S/C18H20BrN5O/c1-2-20-18-21-10-15-16(22-18)23-8-4-7-14(23)11-24(17(15)25)13-6-3-5-12(19)9-13/h3,5-6,9-10,14H,2,4,7-8,11H2,1H3,(H,20,21,22)/t14-/m0/s1. The molecule has 0 spiro atoms. The normalized spacial score (nSPS) is 19.4. The summed E-state index contributed by atoms with van der Waals surface area (Å²) in [6.45, 7) is 4.36. The van der Waals surface area contributed by atoms with Crippen molar-refractivity contribution in [3.05, 3.63) is 40.5 Å². The van der Waals surface area contributed by atoms with E-state index in [0.717, 1.165) is 41.9 Å². The summed E-state index contributed by atoms with van der Waals surface area (Å²) in [7, 11) is 0. The molecule has 0 unspecified atom stereocenters. The lowest BCUT2D eigenvalue weighted by Gasteiger charge is -2.27. The van der Waals surface area contributed by atoms with Crippen molar-refractivity contribution < 1.29 is 4.79 Å². The van der Waals surface area contributed by atoms with Gasteiger partial charge < -0.3 is 15.1 Å². The number of amides is 1. The summed E-state index contributed by atoms with van der Waals surface area (Å²) < 4.78 is 0.962. The van der Waals surface area contributed by atoms with Gasteiger partial charge in [0.15, 0.2) is 0 Å². The van der Waals surface area contributed by atoms with Crippen molar-refractivity contribution in [2.75, 3.05) is 34.8 Å². The molecule has 1 N–H and O–H groups in total. The van der Waals surface area contributed by atoms with E-state index >= 15 is 0 Å². The Morgan fingerprint density at radius 3 is 3.08 bits per heavy atom. The minimum Gasteiger partial charge on any atom is -0.354 e. The molecule has 4 rings (SSSR count). The molecule has 25 heavy (non-hydrogen) atoms. The Morgan fingerprint density at radius 1 is 1.40 bits per heavy atom. The monoisotopic (exact) mass is 401 g/mol. The molecule has 7 heteroatoms. The molecule has 1 aromatic carbocycles. The number of carbonyl (C=O) groups is 1. The van der Waals surface area contributed by atoms with Crippen LogP contribution in [0.4, 0.5) is 17.5 Å². The average molecular weight is 402 g/mol. The van der Waals surface area contributed by atoms with Crippen LogP contribution in [0.15, 0.2) is 34.9 Å². The number of hydrogen-bond acceptors (Lipinski definition) is 5. The van der Waals surface area contributed by atoms with Crippen LogP contribution in [0.5, 0.6) is 0 Å². The van der Waals surface area contributed by atoms with E-state index in [2.05, 4.69) is 36.1 Å². The highest BCUT2D eigenvalue weighted by Crippen LogP contribution is 2.34. The molecule has 1 aromatic heterocycles. The van der Waals surface area contributed by atoms with Gasteiger partial charge in [-0.1, -0.05) is 22.0 Å². The van der Waals surface area contributed by atoms with Crippen LogP contribution in [0.3, 0.4) is 0 Å². The third-order valence-corrected chi connectivity index (χ3v) is 5.23. The van der Waals surface area contributed by atoms with Crippen molar-refractivity contribution in [2.45, 2.75) is 25.8 Å². The first kappa shape index (κ1) is 16.3. The van der Waals surface area contributed by atoms with Crippen LogP contribution >= 0.6 is 15.9 Å². The lowest BCUT2D eigenvalue weighted by molar-refractivity contribution is 0.0988. The molecular weight excluding hydrogens is 382 g/mol. The third-order valence-electron chi connectivity index (χ3n) is 4.74. The number of nitrogens with one attached hydrogen (secondary N) is 1. The largest absolute Gasteiger partial charge is 0.354 e. The van der Waals surface area contributed by atoms with Gasteiger partial charge in [-0.3, -0.25) is 4.79 Å². The van der Waals surface area contributed by atoms with Crippen LogP contribution in [-0.2, 0) is 0 Å². The zero-order valence-corrected chi connectivity index (χ0v) is 15.7. The lowest BCUT2D eigenvalue weighted by Crippen LogP contribution is -2.39. The number of halogens is 1. The topological polar surface area (TPSA) is 61.4 Å². The first-order valence-corrected chi connectivity index (χ1v) is 9.41. The fourth-order valence-electron chi connectivity index (χ4n) is 3.60. The highest BCUT2D eigenvalue weighted by atomic mass is 79.9. The summed E-state index contributed by atoms with van der Waals surface area (Å²) in [4.78, 5) is 26.3. The van der Waals surface area contributed by atoms with Crippen LogP contribution in [0.2, 0.25) is 0 Å². The van der Waals surface area contributed by atoms with E-state index in [-0.39, 0.29) is 11.9 Å². The van der Waals surface area contributed by atoms with Gasteiger partial charge in [-0.15, -0.1) is 0 Å². The maximum atomic E-state index is 13.2. The highest BCUT2D eigenvalue weighted by molar-refractivity contribution is 9.10. The molecule has 2 aliphatic heterocycles. The van der Waals surface area contributed by atoms with E-state index in [0.29, 0.717) is 18.1 Å². The Labute approximate surface area is 155 Å². The minimum absolute atomic E-state index is 0.0365. The number of anilines is 3. The zero-order valence-electron chi connectivity index (χ0n) is 14.1. The van der Waals surface area contributed by atoms with Gasteiger partial charge in [0, 0.05) is 42.0 Å². The van der Waals surface area contributed by atoms with Crippen molar-refractivity contribution >= 4 is 39.3 Å². The molecular formula is C18H20BrN5O. The number of hydrogen-bond donors (Lipinski definition) is 1. The Kier molecular flexibility index (Phi) is 4.33. The molecule has 130 valence electrons. The molecule has 6 nitrogen and oxygen atoms in total. The molecule has 1 saturated heterocycles. The van der Waals surface area contributed by atoms with Crippen LogP contribution in [0.1, 0.15) is 30.1 Å². The van der Waals surface area contributed by atoms with E-state index in [9.17, 15) is 4.79 Å². The Bertz CT molecular complexity index is 812. The van der Waals surface area contributed by atoms with Crippen molar-refractivity contribution in [1.29, 1.82) is 0 Å². The van der Waals surface area contributed by atoms with Crippen LogP contribution in [-0.4, -0.2) is 41.6 Å². The van der Waals surface area contributed by atoms with Gasteiger partial charge in [0.2, 0.25) is 5.95 Å². The summed E-state index contributed by atoms with van der Waals surface area (Å²) >= 11 is 3.50. The van der Waals surface area contributed by atoms with Crippen LogP contribution < -0.4 is 15.1 Å². The summed E-state index contributed by atoms with van der Waals surface area (Å²) in [6.07, 6.45) is 3.84. The van der Waals surface area contributed by atoms with Gasteiger partial charge in [-0.2, -0.15) is 4.98 Å². The summed E-state index contributed by atoms with van der Waals surface area (Å²) in [5.74, 6) is 1.30. The number of carbonyl (C=O) groups excluding carboxylic acids is 1. The first-order chi connectivity index (χ1) is 12.2. The predicted molar refractivity (Wildman–Crippen MR) is 102 cm³/mol. The second kappa shape index (κ2) is 6.63. The maximum Gasteiger partial charge on any atom is 0.263 e. The van der Waals surface area contributed by atoms with E-state index in [1.165, 1.54) is 0 Å². The third kappa shape index (κ3) is 2.97. The van der Waals surface area contributed by atoms with Gasteiger partial charge >= 0.3 is 0 Å². The molecule has 0 radical (unpaired) electrons. The molecule has 0 bridgehead atoms. The Hall–Kier alpha value is -2.15. The number of rotatable bonds is 3. The molecule has 0 aliphatic carbocycles. The number of nitrogens with zero attached hydrogens (tertiary/aromatic N) is 4.